The topological polar surface area (TPSA) is 86.7 Å². The minimum Gasteiger partial charge on any atom is -0.480 e. The fourth-order valence-electron chi connectivity index (χ4n) is 7.25. The van der Waals surface area contributed by atoms with Crippen LogP contribution in [0, 0.1) is 24.7 Å². The molecule has 5 rings (SSSR count). The minimum atomic E-state index is -1.39. The van der Waals surface area contributed by atoms with Crippen LogP contribution in [0.4, 0.5) is 0 Å². The number of nitrogens with zero attached hydrogens (tertiary/aromatic N) is 1. The van der Waals surface area contributed by atoms with E-state index in [-0.39, 0.29) is 23.8 Å². The first-order valence-electron chi connectivity index (χ1n) is 12.9. The average molecular weight is 453 g/mol. The predicted molar refractivity (Wildman–Crippen MR) is 124 cm³/mol. The van der Waals surface area contributed by atoms with Crippen molar-refractivity contribution in [2.24, 2.45) is 17.8 Å². The number of likely N-dealkylation sites (tertiary alicyclic amines) is 1. The van der Waals surface area contributed by atoms with E-state index in [4.69, 9.17) is 0 Å². The van der Waals surface area contributed by atoms with Gasteiger partial charge in [0.15, 0.2) is 0 Å². The van der Waals surface area contributed by atoms with Gasteiger partial charge in [0.25, 0.3) is 0 Å². The van der Waals surface area contributed by atoms with E-state index in [0.29, 0.717) is 6.42 Å². The molecule has 4 atom stereocenters. The summed E-state index contributed by atoms with van der Waals surface area (Å²) < 4.78 is 0. The van der Waals surface area contributed by atoms with Gasteiger partial charge in [0.2, 0.25) is 11.8 Å². The van der Waals surface area contributed by atoms with E-state index in [9.17, 15) is 19.5 Å². The second-order valence-corrected chi connectivity index (χ2v) is 10.8. The number of carbonyl (C=O) groups excluding carboxylic acids is 2. The van der Waals surface area contributed by atoms with Crippen LogP contribution in [0.2, 0.25) is 0 Å². The molecule has 0 radical (unpaired) electrons. The first kappa shape index (κ1) is 22.6. The fourth-order valence-corrected chi connectivity index (χ4v) is 7.25. The van der Waals surface area contributed by atoms with Crippen LogP contribution in [0.15, 0.2) is 24.3 Å². The molecule has 6 nitrogen and oxygen atoms in total. The number of carboxylic acids is 1. The number of fused-ring (bicyclic) bond motifs is 1. The number of carboxylic acid groups (broad SMARTS) is 1. The fraction of sp³-hybridized carbons (Fsp3) is 0.667. The van der Waals surface area contributed by atoms with Gasteiger partial charge in [-0.15, -0.1) is 0 Å². The van der Waals surface area contributed by atoms with E-state index in [1.54, 1.807) is 0 Å². The van der Waals surface area contributed by atoms with Gasteiger partial charge in [-0.2, -0.15) is 0 Å². The van der Waals surface area contributed by atoms with Gasteiger partial charge in [0.1, 0.15) is 5.54 Å². The van der Waals surface area contributed by atoms with Gasteiger partial charge in [0, 0.05) is 12.1 Å². The number of hydrogen-bond acceptors (Lipinski definition) is 4. The summed E-state index contributed by atoms with van der Waals surface area (Å²) in [6.07, 6.45) is 10.7. The van der Waals surface area contributed by atoms with E-state index in [2.05, 4.69) is 5.32 Å². The van der Waals surface area contributed by atoms with Crippen molar-refractivity contribution in [3.63, 3.8) is 0 Å². The predicted octanol–water partition coefficient (Wildman–Crippen LogP) is 4.37. The molecule has 2 aliphatic carbocycles. The second-order valence-electron chi connectivity index (χ2n) is 10.8. The number of nitrogens with one attached hydrogen (secondary N) is 1. The highest BCUT2D eigenvalue weighted by molar-refractivity contribution is 6.09. The van der Waals surface area contributed by atoms with Crippen molar-refractivity contribution in [1.29, 1.82) is 0 Å². The molecule has 33 heavy (non-hydrogen) atoms. The van der Waals surface area contributed by atoms with Gasteiger partial charge < -0.3 is 5.11 Å². The first-order chi connectivity index (χ1) is 15.9. The monoisotopic (exact) mass is 452 g/mol. The van der Waals surface area contributed by atoms with Crippen molar-refractivity contribution in [3.05, 3.63) is 35.4 Å². The second kappa shape index (κ2) is 8.86. The number of amides is 2. The highest BCUT2D eigenvalue weighted by Crippen LogP contribution is 2.53. The lowest BCUT2D eigenvalue weighted by atomic mass is 9.72. The zero-order chi connectivity index (χ0) is 23.2. The summed E-state index contributed by atoms with van der Waals surface area (Å²) in [6, 6.07) is 7.32. The molecule has 2 N–H and O–H groups in total. The Kier molecular flexibility index (Phi) is 6.06. The smallest absolute Gasteiger partial charge is 0.324 e. The number of benzene rings is 1. The first-order valence-corrected chi connectivity index (χ1v) is 12.9. The molecule has 178 valence electrons. The Balaban J connectivity index is 1.58. The lowest BCUT2D eigenvalue weighted by Crippen LogP contribution is -2.57. The molecule has 4 fully saturated rings. The number of aryl methyl sites for hydroxylation is 1. The van der Waals surface area contributed by atoms with Gasteiger partial charge in [-0.1, -0.05) is 75.6 Å². The Morgan fingerprint density at radius 3 is 2.27 bits per heavy atom. The molecule has 1 aromatic rings. The molecule has 2 amide bonds. The Morgan fingerprint density at radius 1 is 1.00 bits per heavy atom. The molecular weight excluding hydrogens is 416 g/mol. The van der Waals surface area contributed by atoms with Crippen molar-refractivity contribution >= 4 is 17.8 Å². The van der Waals surface area contributed by atoms with Crippen molar-refractivity contribution in [2.45, 2.75) is 95.2 Å². The maximum atomic E-state index is 13.9. The van der Waals surface area contributed by atoms with Crippen LogP contribution >= 0.6 is 0 Å². The zero-order valence-electron chi connectivity index (χ0n) is 19.6. The summed E-state index contributed by atoms with van der Waals surface area (Å²) in [6.45, 7) is 1.99. The van der Waals surface area contributed by atoms with Gasteiger partial charge in [-0.05, 0) is 43.2 Å². The summed E-state index contributed by atoms with van der Waals surface area (Å²) in [5, 5.41) is 14.1. The summed E-state index contributed by atoms with van der Waals surface area (Å²) in [5.74, 6) is -2.62. The Bertz CT molecular complexity index is 934. The largest absolute Gasteiger partial charge is 0.480 e. The molecule has 2 saturated carbocycles. The van der Waals surface area contributed by atoms with E-state index in [0.717, 1.165) is 68.9 Å². The highest BCUT2D eigenvalue weighted by atomic mass is 16.4. The normalized spacial score (nSPS) is 33.5. The Morgan fingerprint density at radius 2 is 1.64 bits per heavy atom. The third kappa shape index (κ3) is 3.71. The Hall–Kier alpha value is -2.21. The van der Waals surface area contributed by atoms with Gasteiger partial charge in [-0.3, -0.25) is 24.6 Å². The van der Waals surface area contributed by atoms with Gasteiger partial charge >= 0.3 is 5.97 Å². The maximum absolute atomic E-state index is 13.9. The highest BCUT2D eigenvalue weighted by Gasteiger charge is 2.69. The van der Waals surface area contributed by atoms with E-state index in [1.807, 2.05) is 31.2 Å². The van der Waals surface area contributed by atoms with E-state index in [1.165, 1.54) is 11.3 Å². The van der Waals surface area contributed by atoms with Crippen molar-refractivity contribution < 1.29 is 19.5 Å². The molecule has 2 aliphatic heterocycles. The van der Waals surface area contributed by atoms with Crippen LogP contribution in [0.25, 0.3) is 0 Å². The molecule has 4 unspecified atom stereocenters. The SMILES string of the molecule is Cc1ccccc1C1NC(CC2CCCCC2)(C(=O)O)C2C(=O)N(C3CCCCC3)C(=O)C12. The number of imide groups is 1. The minimum absolute atomic E-state index is 0.0805. The molecule has 2 saturated heterocycles. The van der Waals surface area contributed by atoms with Crippen molar-refractivity contribution in [1.82, 2.24) is 10.2 Å². The van der Waals surface area contributed by atoms with Crippen LogP contribution in [0.3, 0.4) is 0 Å². The molecule has 4 aliphatic rings. The zero-order valence-corrected chi connectivity index (χ0v) is 19.6. The molecule has 6 heteroatoms. The average Bonchev–Trinajstić information content (AvgIpc) is 3.29. The number of hydrogen-bond donors (Lipinski definition) is 2. The Labute approximate surface area is 196 Å². The molecule has 0 spiro atoms. The summed E-state index contributed by atoms with van der Waals surface area (Å²) >= 11 is 0. The van der Waals surface area contributed by atoms with Crippen LogP contribution in [0.1, 0.15) is 87.8 Å². The summed E-state index contributed by atoms with van der Waals surface area (Å²) in [4.78, 5) is 42.3. The third-order valence-electron chi connectivity index (χ3n) is 8.87. The van der Waals surface area contributed by atoms with Crippen LogP contribution in [-0.4, -0.2) is 39.4 Å². The number of carbonyl (C=O) groups is 3. The standard InChI is InChI=1S/C27H36N2O4/c1-17-10-8-9-15-20(17)23-21-22(25(31)29(24(21)30)19-13-6-3-7-14-19)27(28-23,26(32)33)16-18-11-4-2-5-12-18/h8-10,15,18-19,21-23,28H,2-7,11-14,16H2,1H3,(H,32,33). The van der Waals surface area contributed by atoms with E-state index >= 15 is 0 Å². The maximum Gasteiger partial charge on any atom is 0.324 e. The van der Waals surface area contributed by atoms with Gasteiger partial charge in [0.05, 0.1) is 11.8 Å². The lowest BCUT2D eigenvalue weighted by molar-refractivity contribution is -0.153. The molecule has 1 aromatic carbocycles. The number of rotatable bonds is 5. The van der Waals surface area contributed by atoms with Crippen molar-refractivity contribution in [2.75, 3.05) is 0 Å². The molecule has 0 aromatic heterocycles. The summed E-state index contributed by atoms with van der Waals surface area (Å²) in [7, 11) is 0. The van der Waals surface area contributed by atoms with Crippen LogP contribution in [0.5, 0.6) is 0 Å². The van der Waals surface area contributed by atoms with Gasteiger partial charge in [-0.25, -0.2) is 0 Å². The van der Waals surface area contributed by atoms with E-state index < -0.39 is 29.4 Å². The van der Waals surface area contributed by atoms with Crippen LogP contribution < -0.4 is 5.32 Å². The summed E-state index contributed by atoms with van der Waals surface area (Å²) in [5.41, 5.74) is 0.561. The third-order valence-corrected chi connectivity index (χ3v) is 8.87. The van der Waals surface area contributed by atoms with Crippen molar-refractivity contribution in [3.8, 4) is 0 Å². The molecule has 0 bridgehead atoms. The number of aliphatic carboxylic acids is 1. The lowest BCUT2D eigenvalue weighted by Gasteiger charge is -2.37. The molecule has 2 heterocycles. The quantitative estimate of drug-likeness (QED) is 0.648. The molecular formula is C27H36N2O4. The van der Waals surface area contributed by atoms with Crippen LogP contribution in [-0.2, 0) is 14.4 Å².